The maximum absolute atomic E-state index is 10.2. The van der Waals surface area contributed by atoms with Crippen LogP contribution in [0.2, 0.25) is 0 Å². The van der Waals surface area contributed by atoms with Crippen LogP contribution >= 0.6 is 0 Å². The number of aliphatic hydroxyl groups excluding tert-OH is 2. The Bertz CT molecular complexity index is 728. The molecule has 7 heteroatoms. The predicted octanol–water partition coefficient (Wildman–Crippen LogP) is 1.04. The summed E-state index contributed by atoms with van der Waals surface area (Å²) in [6.07, 6.45) is -3.90. The van der Waals surface area contributed by atoms with Gasteiger partial charge >= 0.3 is 0 Å². The summed E-state index contributed by atoms with van der Waals surface area (Å²) in [5.74, 6) is -1.36. The summed E-state index contributed by atoms with van der Waals surface area (Å²) in [5, 5.41) is 58.5. The van der Waals surface area contributed by atoms with Gasteiger partial charge in [-0.15, -0.1) is 0 Å². The fourth-order valence-corrected chi connectivity index (χ4v) is 2.52. The van der Waals surface area contributed by atoms with Crippen LogP contribution in [0.1, 0.15) is 23.3 Å². The molecule has 0 aromatic heterocycles. The number of hydrogen-bond acceptors (Lipinski definition) is 7. The van der Waals surface area contributed by atoms with E-state index in [0.29, 0.717) is 5.56 Å². The molecule has 3 rings (SSSR count). The number of ether oxygens (including phenoxy) is 1. The monoisotopic (exact) mass is 306 g/mol. The quantitative estimate of drug-likeness (QED) is 0.434. The highest BCUT2D eigenvalue weighted by Gasteiger charge is 2.39. The first-order valence-electron chi connectivity index (χ1n) is 6.49. The van der Waals surface area contributed by atoms with Gasteiger partial charge in [0.1, 0.15) is 29.5 Å². The van der Waals surface area contributed by atoms with Gasteiger partial charge in [0.2, 0.25) is 0 Å². The van der Waals surface area contributed by atoms with E-state index in [0.717, 1.165) is 6.07 Å². The van der Waals surface area contributed by atoms with E-state index in [4.69, 9.17) is 4.74 Å². The largest absolute Gasteiger partial charge is 0.508 e. The molecule has 22 heavy (non-hydrogen) atoms. The molecule has 0 radical (unpaired) electrons. The molecule has 0 amide bonds. The molecule has 116 valence electrons. The molecular weight excluding hydrogens is 292 g/mol. The zero-order valence-electron chi connectivity index (χ0n) is 11.2. The van der Waals surface area contributed by atoms with Gasteiger partial charge in [0.15, 0.2) is 17.6 Å². The van der Waals surface area contributed by atoms with E-state index in [1.165, 1.54) is 24.3 Å². The summed E-state index contributed by atoms with van der Waals surface area (Å²) in [6, 6.07) is 6.08. The van der Waals surface area contributed by atoms with Gasteiger partial charge in [-0.05, 0) is 17.7 Å². The number of phenols is 4. The lowest BCUT2D eigenvalue weighted by atomic mass is 9.91. The van der Waals surface area contributed by atoms with E-state index < -0.39 is 29.8 Å². The number of fused-ring (bicyclic) bond motifs is 1. The van der Waals surface area contributed by atoms with Crippen LogP contribution in [0.15, 0.2) is 30.3 Å². The Kier molecular flexibility index (Phi) is 3.23. The molecule has 0 fully saturated rings. The minimum absolute atomic E-state index is 0.0212. The van der Waals surface area contributed by atoms with Crippen LogP contribution in [0.5, 0.6) is 28.7 Å². The maximum atomic E-state index is 10.2. The smallest absolute Gasteiger partial charge is 0.157 e. The van der Waals surface area contributed by atoms with Crippen LogP contribution < -0.4 is 4.74 Å². The van der Waals surface area contributed by atoms with E-state index in [1.807, 2.05) is 0 Å². The molecule has 0 saturated heterocycles. The van der Waals surface area contributed by atoms with Crippen LogP contribution in [0, 0.1) is 0 Å². The first kappa shape index (κ1) is 14.3. The van der Waals surface area contributed by atoms with Gasteiger partial charge in [-0.2, -0.15) is 0 Å². The lowest BCUT2D eigenvalue weighted by Gasteiger charge is -2.34. The molecular formula is C15H14O7. The van der Waals surface area contributed by atoms with Crippen molar-refractivity contribution in [3.05, 3.63) is 41.5 Å². The van der Waals surface area contributed by atoms with Crippen molar-refractivity contribution in [3.8, 4) is 28.7 Å². The molecule has 1 heterocycles. The van der Waals surface area contributed by atoms with Crippen LogP contribution in [-0.2, 0) is 0 Å². The second kappa shape index (κ2) is 4.97. The highest BCUT2D eigenvalue weighted by molar-refractivity contribution is 5.53. The van der Waals surface area contributed by atoms with Crippen LogP contribution in [0.3, 0.4) is 0 Å². The van der Waals surface area contributed by atoms with Gasteiger partial charge < -0.3 is 35.4 Å². The van der Waals surface area contributed by atoms with Gasteiger partial charge in [0, 0.05) is 12.1 Å². The summed E-state index contributed by atoms with van der Waals surface area (Å²) in [4.78, 5) is 0. The minimum Gasteiger partial charge on any atom is -0.508 e. The molecule has 0 spiro atoms. The molecule has 2 aromatic carbocycles. The van der Waals surface area contributed by atoms with Gasteiger partial charge in [-0.3, -0.25) is 0 Å². The fraction of sp³-hybridized carbons (Fsp3) is 0.200. The number of hydrogen-bond donors (Lipinski definition) is 6. The molecule has 6 N–H and O–H groups in total. The van der Waals surface area contributed by atoms with Gasteiger partial charge in [-0.1, -0.05) is 6.07 Å². The van der Waals surface area contributed by atoms with E-state index in [9.17, 15) is 30.6 Å². The summed E-state index contributed by atoms with van der Waals surface area (Å²) < 4.78 is 5.53. The molecule has 3 atom stereocenters. The molecule has 0 bridgehead atoms. The topological polar surface area (TPSA) is 131 Å². The Morgan fingerprint density at radius 1 is 0.818 bits per heavy atom. The Balaban J connectivity index is 2.06. The molecule has 0 aliphatic carbocycles. The summed E-state index contributed by atoms with van der Waals surface area (Å²) >= 11 is 0. The SMILES string of the molecule is Oc1cc(O)c2c(c1)O[C@@H](c1ccc(O)c(O)c1)[C@H](O)[C@H]2O. The van der Waals surface area contributed by atoms with Crippen molar-refractivity contribution in [1.29, 1.82) is 0 Å². The standard InChI is InChI=1S/C15H14O7/c16-7-4-10(19)12-11(5-7)22-15(14(21)13(12)20)6-1-2-8(17)9(18)3-6/h1-5,13-21H/t13-,14+,15-/m0/s1. The highest BCUT2D eigenvalue weighted by Crippen LogP contribution is 2.47. The normalized spacial score (nSPS) is 23.6. The number of phenolic OH excluding ortho intramolecular Hbond substituents is 4. The minimum atomic E-state index is -1.44. The number of benzene rings is 2. The maximum Gasteiger partial charge on any atom is 0.157 e. The molecule has 1 aliphatic heterocycles. The van der Waals surface area contributed by atoms with Crippen molar-refractivity contribution < 1.29 is 35.4 Å². The summed E-state index contributed by atoms with van der Waals surface area (Å²) in [6.45, 7) is 0. The third kappa shape index (κ3) is 2.16. The molecule has 2 aromatic rings. The third-order valence-corrected chi connectivity index (χ3v) is 3.62. The zero-order valence-corrected chi connectivity index (χ0v) is 11.2. The molecule has 0 saturated carbocycles. The average molecular weight is 306 g/mol. The molecule has 1 aliphatic rings. The number of aliphatic hydroxyl groups is 2. The van der Waals surface area contributed by atoms with E-state index >= 15 is 0 Å². The summed E-state index contributed by atoms with van der Waals surface area (Å²) in [5.41, 5.74) is 0.292. The van der Waals surface area contributed by atoms with Crippen molar-refractivity contribution in [2.24, 2.45) is 0 Å². The van der Waals surface area contributed by atoms with Crippen LogP contribution in [-0.4, -0.2) is 36.7 Å². The lowest BCUT2D eigenvalue weighted by molar-refractivity contribution is -0.0711. The highest BCUT2D eigenvalue weighted by atomic mass is 16.5. The molecule has 0 unspecified atom stereocenters. The number of rotatable bonds is 1. The fourth-order valence-electron chi connectivity index (χ4n) is 2.52. The Morgan fingerprint density at radius 2 is 1.55 bits per heavy atom. The first-order valence-corrected chi connectivity index (χ1v) is 6.49. The number of aromatic hydroxyl groups is 4. The molecule has 7 nitrogen and oxygen atoms in total. The predicted molar refractivity (Wildman–Crippen MR) is 73.9 cm³/mol. The van der Waals surface area contributed by atoms with E-state index in [-0.39, 0.29) is 22.8 Å². The van der Waals surface area contributed by atoms with E-state index in [1.54, 1.807) is 0 Å². The second-order valence-corrected chi connectivity index (χ2v) is 5.10. The lowest BCUT2D eigenvalue weighted by Crippen LogP contribution is -2.34. The van der Waals surface area contributed by atoms with Crippen molar-refractivity contribution in [2.75, 3.05) is 0 Å². The van der Waals surface area contributed by atoms with Crippen molar-refractivity contribution in [1.82, 2.24) is 0 Å². The Hall–Kier alpha value is -2.64. The Labute approximate surface area is 124 Å². The zero-order chi connectivity index (χ0) is 16.0. The third-order valence-electron chi connectivity index (χ3n) is 3.62. The second-order valence-electron chi connectivity index (χ2n) is 5.10. The van der Waals surface area contributed by atoms with E-state index in [2.05, 4.69) is 0 Å². The van der Waals surface area contributed by atoms with Crippen LogP contribution in [0.4, 0.5) is 0 Å². The van der Waals surface area contributed by atoms with Gasteiger partial charge in [0.25, 0.3) is 0 Å². The Morgan fingerprint density at radius 3 is 2.23 bits per heavy atom. The van der Waals surface area contributed by atoms with Gasteiger partial charge in [0.05, 0.1) is 5.56 Å². The van der Waals surface area contributed by atoms with Crippen molar-refractivity contribution >= 4 is 0 Å². The van der Waals surface area contributed by atoms with Crippen molar-refractivity contribution in [2.45, 2.75) is 18.3 Å². The van der Waals surface area contributed by atoms with Crippen molar-refractivity contribution in [3.63, 3.8) is 0 Å². The van der Waals surface area contributed by atoms with Gasteiger partial charge in [-0.25, -0.2) is 0 Å². The average Bonchev–Trinajstić information content (AvgIpc) is 2.45. The summed E-state index contributed by atoms with van der Waals surface area (Å²) in [7, 11) is 0. The first-order chi connectivity index (χ1) is 10.4. The van der Waals surface area contributed by atoms with Crippen LogP contribution in [0.25, 0.3) is 0 Å².